The third-order valence-corrected chi connectivity index (χ3v) is 5.04. The number of fused-ring (bicyclic) bond motifs is 3. The van der Waals surface area contributed by atoms with Gasteiger partial charge in [0.2, 0.25) is 0 Å². The van der Waals surface area contributed by atoms with Gasteiger partial charge in [0.05, 0.1) is 0 Å². The Bertz CT molecular complexity index is 178. The molecule has 3 rings (SSSR count). The van der Waals surface area contributed by atoms with E-state index in [1.807, 2.05) is 0 Å². The first-order valence-corrected chi connectivity index (χ1v) is 7.03. The van der Waals surface area contributed by atoms with E-state index in [0.29, 0.717) is 0 Å². The van der Waals surface area contributed by atoms with E-state index in [1.165, 1.54) is 64.6 Å². The van der Waals surface area contributed by atoms with Gasteiger partial charge in [-0.15, -0.1) is 0 Å². The Balaban J connectivity index is 1.98. The lowest BCUT2D eigenvalue weighted by Crippen LogP contribution is -2.51. The highest BCUT2D eigenvalue weighted by Gasteiger charge is 2.43. The summed E-state index contributed by atoms with van der Waals surface area (Å²) in [5.74, 6) is 1.03. The minimum atomic E-state index is 0.763. The van der Waals surface area contributed by atoms with Gasteiger partial charge in [-0.05, 0) is 56.7 Å². The molecule has 3 heterocycles. The number of unbranched alkanes of at least 4 members (excludes halogenated alkanes) is 1. The van der Waals surface area contributed by atoms with Crippen molar-refractivity contribution in [2.24, 2.45) is 11.3 Å². The highest BCUT2D eigenvalue weighted by molar-refractivity contribution is 4.95. The SMILES string of the molecule is CCCCC(CC)C12CCN(CC1)CC2. The fourth-order valence-corrected chi connectivity index (χ4v) is 3.86. The highest BCUT2D eigenvalue weighted by atomic mass is 15.1. The fourth-order valence-electron chi connectivity index (χ4n) is 3.86. The van der Waals surface area contributed by atoms with Gasteiger partial charge in [0.1, 0.15) is 0 Å². The molecular weight excluding hydrogens is 182 g/mol. The van der Waals surface area contributed by atoms with E-state index in [1.54, 1.807) is 0 Å². The monoisotopic (exact) mass is 209 g/mol. The van der Waals surface area contributed by atoms with Gasteiger partial charge in [0.15, 0.2) is 0 Å². The van der Waals surface area contributed by atoms with Crippen molar-refractivity contribution < 1.29 is 0 Å². The first kappa shape index (κ1) is 11.4. The van der Waals surface area contributed by atoms with E-state index in [-0.39, 0.29) is 0 Å². The molecule has 0 spiro atoms. The van der Waals surface area contributed by atoms with Gasteiger partial charge in [0.25, 0.3) is 0 Å². The molecule has 2 bridgehead atoms. The summed E-state index contributed by atoms with van der Waals surface area (Å²) in [5, 5.41) is 0. The second kappa shape index (κ2) is 4.86. The molecular formula is C14H27N. The van der Waals surface area contributed by atoms with Crippen LogP contribution in [0.4, 0.5) is 0 Å². The van der Waals surface area contributed by atoms with Crippen LogP contribution < -0.4 is 0 Å². The molecule has 1 nitrogen and oxygen atoms in total. The van der Waals surface area contributed by atoms with E-state index < -0.39 is 0 Å². The van der Waals surface area contributed by atoms with E-state index in [2.05, 4.69) is 18.7 Å². The van der Waals surface area contributed by atoms with Crippen LogP contribution in [0.1, 0.15) is 58.8 Å². The maximum absolute atomic E-state index is 2.66. The van der Waals surface area contributed by atoms with Gasteiger partial charge in [-0.3, -0.25) is 0 Å². The van der Waals surface area contributed by atoms with Crippen LogP contribution in [0.15, 0.2) is 0 Å². The molecule has 88 valence electrons. The second-order valence-corrected chi connectivity index (χ2v) is 5.70. The molecule has 15 heavy (non-hydrogen) atoms. The van der Waals surface area contributed by atoms with Crippen LogP contribution in [-0.4, -0.2) is 24.5 Å². The molecule has 0 aliphatic carbocycles. The molecule has 0 amide bonds. The van der Waals surface area contributed by atoms with Crippen molar-refractivity contribution in [2.45, 2.75) is 58.8 Å². The van der Waals surface area contributed by atoms with Gasteiger partial charge in [0, 0.05) is 0 Å². The minimum absolute atomic E-state index is 0.763. The molecule has 0 aromatic heterocycles. The summed E-state index contributed by atoms with van der Waals surface area (Å²) in [6.07, 6.45) is 10.2. The molecule has 3 saturated heterocycles. The summed E-state index contributed by atoms with van der Waals surface area (Å²) in [5.41, 5.74) is 0.763. The Morgan fingerprint density at radius 2 is 1.67 bits per heavy atom. The summed E-state index contributed by atoms with van der Waals surface area (Å²) >= 11 is 0. The predicted molar refractivity (Wildman–Crippen MR) is 66.0 cm³/mol. The lowest BCUT2D eigenvalue weighted by molar-refractivity contribution is -0.0242. The van der Waals surface area contributed by atoms with Crippen LogP contribution in [-0.2, 0) is 0 Å². The van der Waals surface area contributed by atoms with Gasteiger partial charge >= 0.3 is 0 Å². The largest absolute Gasteiger partial charge is 0.303 e. The van der Waals surface area contributed by atoms with Crippen LogP contribution >= 0.6 is 0 Å². The van der Waals surface area contributed by atoms with E-state index >= 15 is 0 Å². The molecule has 1 heteroatoms. The molecule has 0 radical (unpaired) electrons. The van der Waals surface area contributed by atoms with Crippen molar-refractivity contribution in [3.8, 4) is 0 Å². The van der Waals surface area contributed by atoms with Gasteiger partial charge < -0.3 is 4.90 Å². The van der Waals surface area contributed by atoms with E-state index in [0.717, 1.165) is 11.3 Å². The first-order valence-electron chi connectivity index (χ1n) is 7.03. The summed E-state index contributed by atoms with van der Waals surface area (Å²) in [6.45, 7) is 8.91. The molecule has 3 fully saturated rings. The maximum atomic E-state index is 2.66. The molecule has 3 aliphatic heterocycles. The molecule has 3 aliphatic rings. The quantitative estimate of drug-likeness (QED) is 0.667. The van der Waals surface area contributed by atoms with Crippen molar-refractivity contribution in [1.82, 2.24) is 4.90 Å². The minimum Gasteiger partial charge on any atom is -0.303 e. The topological polar surface area (TPSA) is 3.24 Å². The second-order valence-electron chi connectivity index (χ2n) is 5.70. The smallest absolute Gasteiger partial charge is 0.00133 e. The lowest BCUT2D eigenvalue weighted by Gasteiger charge is -2.52. The molecule has 0 aromatic carbocycles. The normalized spacial score (nSPS) is 36.8. The summed E-state index contributed by atoms with van der Waals surface area (Å²) in [7, 11) is 0. The average molecular weight is 209 g/mol. The number of piperidine rings is 3. The van der Waals surface area contributed by atoms with Crippen LogP contribution in [0, 0.1) is 11.3 Å². The third-order valence-electron chi connectivity index (χ3n) is 5.04. The standard InChI is InChI=1S/C14H27N/c1-3-5-6-13(4-2)14-7-10-15(11-8-14)12-9-14/h13H,3-12H2,1-2H3. The van der Waals surface area contributed by atoms with Gasteiger partial charge in [-0.1, -0.05) is 33.1 Å². The van der Waals surface area contributed by atoms with E-state index in [9.17, 15) is 0 Å². The van der Waals surface area contributed by atoms with Crippen molar-refractivity contribution in [3.63, 3.8) is 0 Å². The van der Waals surface area contributed by atoms with Crippen molar-refractivity contribution in [2.75, 3.05) is 19.6 Å². The van der Waals surface area contributed by atoms with Gasteiger partial charge in [-0.2, -0.15) is 0 Å². The zero-order valence-corrected chi connectivity index (χ0v) is 10.6. The highest BCUT2D eigenvalue weighted by Crippen LogP contribution is 2.48. The summed E-state index contributed by atoms with van der Waals surface area (Å²) < 4.78 is 0. The number of hydrogen-bond acceptors (Lipinski definition) is 1. The Kier molecular flexibility index (Phi) is 3.71. The maximum Gasteiger partial charge on any atom is -0.00133 e. The zero-order chi connectivity index (χ0) is 10.7. The average Bonchev–Trinajstić information content (AvgIpc) is 2.32. The van der Waals surface area contributed by atoms with E-state index in [4.69, 9.17) is 0 Å². The fraction of sp³-hybridized carbons (Fsp3) is 1.00. The number of hydrogen-bond donors (Lipinski definition) is 0. The van der Waals surface area contributed by atoms with Crippen molar-refractivity contribution in [3.05, 3.63) is 0 Å². The lowest BCUT2D eigenvalue weighted by atomic mass is 9.62. The predicted octanol–water partition coefficient (Wildman–Crippen LogP) is 3.69. The van der Waals surface area contributed by atoms with Crippen LogP contribution in [0.25, 0.3) is 0 Å². The molecule has 0 aromatic rings. The zero-order valence-electron chi connectivity index (χ0n) is 10.6. The molecule has 1 unspecified atom stereocenters. The Labute approximate surface area is 95.2 Å². The third kappa shape index (κ3) is 2.22. The van der Waals surface area contributed by atoms with Crippen LogP contribution in [0.3, 0.4) is 0 Å². The summed E-state index contributed by atoms with van der Waals surface area (Å²) in [6, 6.07) is 0. The summed E-state index contributed by atoms with van der Waals surface area (Å²) in [4.78, 5) is 2.66. The Morgan fingerprint density at radius 3 is 2.13 bits per heavy atom. The molecule has 0 saturated carbocycles. The Morgan fingerprint density at radius 1 is 1.07 bits per heavy atom. The van der Waals surface area contributed by atoms with Crippen LogP contribution in [0.5, 0.6) is 0 Å². The van der Waals surface area contributed by atoms with Crippen molar-refractivity contribution >= 4 is 0 Å². The van der Waals surface area contributed by atoms with Gasteiger partial charge in [-0.25, -0.2) is 0 Å². The number of nitrogens with zero attached hydrogens (tertiary/aromatic N) is 1. The molecule has 1 atom stereocenters. The van der Waals surface area contributed by atoms with Crippen LogP contribution in [0.2, 0.25) is 0 Å². The first-order chi connectivity index (χ1) is 7.30. The number of rotatable bonds is 5. The molecule has 0 N–H and O–H groups in total. The Hall–Kier alpha value is -0.0400. The van der Waals surface area contributed by atoms with Crippen molar-refractivity contribution in [1.29, 1.82) is 0 Å².